The SMILES string of the molecule is N#CC(=Cc1ccc([N+](=O)[O-])cc1)C(=O)NCCN1CCOCC1. The van der Waals surface area contributed by atoms with Gasteiger partial charge in [-0.1, -0.05) is 0 Å². The third-order valence-electron chi connectivity index (χ3n) is 3.60. The van der Waals surface area contributed by atoms with E-state index in [1.165, 1.54) is 30.3 Å². The van der Waals surface area contributed by atoms with Gasteiger partial charge in [0.15, 0.2) is 0 Å². The van der Waals surface area contributed by atoms with E-state index in [4.69, 9.17) is 10.00 Å². The summed E-state index contributed by atoms with van der Waals surface area (Å²) < 4.78 is 5.25. The molecule has 126 valence electrons. The molecule has 1 fully saturated rings. The van der Waals surface area contributed by atoms with E-state index in [1.54, 1.807) is 0 Å². The van der Waals surface area contributed by atoms with E-state index >= 15 is 0 Å². The average Bonchev–Trinajstić information content (AvgIpc) is 2.60. The first-order valence-corrected chi connectivity index (χ1v) is 7.54. The van der Waals surface area contributed by atoms with Crippen molar-refractivity contribution in [2.45, 2.75) is 0 Å². The van der Waals surface area contributed by atoms with Crippen molar-refractivity contribution in [3.8, 4) is 6.07 Å². The van der Waals surface area contributed by atoms with E-state index in [2.05, 4.69) is 10.2 Å². The third kappa shape index (κ3) is 5.15. The smallest absolute Gasteiger partial charge is 0.269 e. The molecule has 0 unspecified atom stereocenters. The standard InChI is InChI=1S/C16H18N4O4/c17-12-14(11-13-1-3-15(4-2-13)20(22)23)16(21)18-5-6-19-7-9-24-10-8-19/h1-4,11H,5-10H2,(H,18,21). The highest BCUT2D eigenvalue weighted by Crippen LogP contribution is 2.14. The Hall–Kier alpha value is -2.76. The molecule has 1 heterocycles. The molecule has 0 bridgehead atoms. The van der Waals surface area contributed by atoms with Crippen LogP contribution in [0.5, 0.6) is 0 Å². The molecule has 1 saturated heterocycles. The van der Waals surface area contributed by atoms with Gasteiger partial charge in [0.1, 0.15) is 11.6 Å². The molecular formula is C16H18N4O4. The number of carbonyl (C=O) groups excluding carboxylic acids is 1. The minimum Gasteiger partial charge on any atom is -0.379 e. The molecule has 0 radical (unpaired) electrons. The summed E-state index contributed by atoms with van der Waals surface area (Å²) in [5, 5.41) is 22.5. The first-order chi connectivity index (χ1) is 11.6. The van der Waals surface area contributed by atoms with Crippen LogP contribution in [0.25, 0.3) is 6.08 Å². The van der Waals surface area contributed by atoms with Crippen molar-refractivity contribution in [1.82, 2.24) is 10.2 Å². The zero-order valence-electron chi connectivity index (χ0n) is 13.1. The summed E-state index contributed by atoms with van der Waals surface area (Å²) >= 11 is 0. The van der Waals surface area contributed by atoms with Gasteiger partial charge < -0.3 is 10.1 Å². The number of nitro benzene ring substituents is 1. The van der Waals surface area contributed by atoms with Gasteiger partial charge in [-0.25, -0.2) is 0 Å². The predicted molar refractivity (Wildman–Crippen MR) is 87.0 cm³/mol. The molecule has 0 aliphatic carbocycles. The molecule has 1 aromatic carbocycles. The molecule has 0 spiro atoms. The summed E-state index contributed by atoms with van der Waals surface area (Å²) in [6.45, 7) is 4.19. The Balaban J connectivity index is 1.90. The number of nitriles is 1. The van der Waals surface area contributed by atoms with E-state index in [-0.39, 0.29) is 11.3 Å². The van der Waals surface area contributed by atoms with Gasteiger partial charge in [-0.2, -0.15) is 5.26 Å². The van der Waals surface area contributed by atoms with Crippen LogP contribution in [-0.2, 0) is 9.53 Å². The maximum atomic E-state index is 12.0. The predicted octanol–water partition coefficient (Wildman–Crippen LogP) is 0.950. The second-order valence-electron chi connectivity index (χ2n) is 5.23. The first kappa shape index (κ1) is 17.6. The fourth-order valence-electron chi connectivity index (χ4n) is 2.26. The van der Waals surface area contributed by atoms with Gasteiger partial charge in [-0.15, -0.1) is 0 Å². The van der Waals surface area contributed by atoms with E-state index in [9.17, 15) is 14.9 Å². The van der Waals surface area contributed by atoms with Crippen molar-refractivity contribution in [3.63, 3.8) is 0 Å². The van der Waals surface area contributed by atoms with E-state index in [0.717, 1.165) is 13.1 Å². The normalized spacial score (nSPS) is 15.5. The van der Waals surface area contributed by atoms with Crippen molar-refractivity contribution < 1.29 is 14.5 Å². The maximum Gasteiger partial charge on any atom is 0.269 e. The zero-order chi connectivity index (χ0) is 17.4. The number of nitrogens with one attached hydrogen (secondary N) is 1. The van der Waals surface area contributed by atoms with E-state index < -0.39 is 10.8 Å². The fourth-order valence-corrected chi connectivity index (χ4v) is 2.26. The lowest BCUT2D eigenvalue weighted by Gasteiger charge is -2.26. The lowest BCUT2D eigenvalue weighted by Crippen LogP contribution is -2.41. The number of rotatable bonds is 6. The Labute approximate surface area is 139 Å². The molecule has 0 saturated carbocycles. The Morgan fingerprint density at radius 1 is 1.38 bits per heavy atom. The van der Waals surface area contributed by atoms with Crippen LogP contribution in [0.15, 0.2) is 29.8 Å². The van der Waals surface area contributed by atoms with Gasteiger partial charge in [0, 0.05) is 38.3 Å². The molecule has 2 rings (SSSR count). The summed E-state index contributed by atoms with van der Waals surface area (Å²) in [7, 11) is 0. The number of hydrogen-bond donors (Lipinski definition) is 1. The van der Waals surface area contributed by atoms with Gasteiger partial charge in [-0.3, -0.25) is 19.8 Å². The van der Waals surface area contributed by atoms with Crippen LogP contribution >= 0.6 is 0 Å². The zero-order valence-corrected chi connectivity index (χ0v) is 13.1. The van der Waals surface area contributed by atoms with Crippen LogP contribution < -0.4 is 5.32 Å². The Kier molecular flexibility index (Phi) is 6.42. The number of benzene rings is 1. The van der Waals surface area contributed by atoms with E-state index in [0.29, 0.717) is 31.9 Å². The first-order valence-electron chi connectivity index (χ1n) is 7.54. The van der Waals surface area contributed by atoms with Crippen molar-refractivity contribution in [3.05, 3.63) is 45.5 Å². The minimum absolute atomic E-state index is 0.0363. The Morgan fingerprint density at radius 2 is 2.04 bits per heavy atom. The quantitative estimate of drug-likeness (QED) is 0.360. The molecule has 8 heteroatoms. The number of nitro groups is 1. The van der Waals surface area contributed by atoms with Crippen LogP contribution in [0.4, 0.5) is 5.69 Å². The molecule has 1 amide bonds. The topological polar surface area (TPSA) is 108 Å². The molecule has 1 aliphatic rings. The van der Waals surface area contributed by atoms with Crippen LogP contribution in [0.1, 0.15) is 5.56 Å². The third-order valence-corrected chi connectivity index (χ3v) is 3.60. The number of hydrogen-bond acceptors (Lipinski definition) is 6. The molecule has 1 N–H and O–H groups in total. The number of ether oxygens (including phenoxy) is 1. The second kappa shape index (κ2) is 8.76. The number of carbonyl (C=O) groups is 1. The van der Waals surface area contributed by atoms with Gasteiger partial charge in [0.25, 0.3) is 11.6 Å². The molecule has 1 aliphatic heterocycles. The molecule has 24 heavy (non-hydrogen) atoms. The molecule has 0 aromatic heterocycles. The molecule has 1 aromatic rings. The van der Waals surface area contributed by atoms with Crippen molar-refractivity contribution >= 4 is 17.7 Å². The minimum atomic E-state index is -0.503. The van der Waals surface area contributed by atoms with Crippen LogP contribution in [-0.4, -0.2) is 55.1 Å². The van der Waals surface area contributed by atoms with Crippen molar-refractivity contribution in [2.75, 3.05) is 39.4 Å². The highest BCUT2D eigenvalue weighted by atomic mass is 16.6. The summed E-state index contributed by atoms with van der Waals surface area (Å²) in [6.07, 6.45) is 1.41. The average molecular weight is 330 g/mol. The summed E-state index contributed by atoms with van der Waals surface area (Å²) in [4.78, 5) is 24.3. The van der Waals surface area contributed by atoms with E-state index in [1.807, 2.05) is 6.07 Å². The number of morpholine rings is 1. The lowest BCUT2D eigenvalue weighted by atomic mass is 10.1. The summed E-state index contributed by atoms with van der Waals surface area (Å²) in [5.41, 5.74) is 0.479. The summed E-state index contributed by atoms with van der Waals surface area (Å²) in [6, 6.07) is 7.51. The van der Waals surface area contributed by atoms with Crippen molar-refractivity contribution in [2.24, 2.45) is 0 Å². The molecule has 0 atom stereocenters. The summed E-state index contributed by atoms with van der Waals surface area (Å²) in [5.74, 6) is -0.455. The van der Waals surface area contributed by atoms with Gasteiger partial charge >= 0.3 is 0 Å². The maximum absolute atomic E-state index is 12.0. The van der Waals surface area contributed by atoms with Crippen molar-refractivity contribution in [1.29, 1.82) is 5.26 Å². The fraction of sp³-hybridized carbons (Fsp3) is 0.375. The van der Waals surface area contributed by atoms with Crippen LogP contribution in [0.2, 0.25) is 0 Å². The largest absolute Gasteiger partial charge is 0.379 e. The monoisotopic (exact) mass is 330 g/mol. The molecular weight excluding hydrogens is 312 g/mol. The lowest BCUT2D eigenvalue weighted by molar-refractivity contribution is -0.384. The van der Waals surface area contributed by atoms with Crippen LogP contribution in [0, 0.1) is 21.4 Å². The Bertz CT molecular complexity index is 658. The number of non-ortho nitro benzene ring substituents is 1. The highest BCUT2D eigenvalue weighted by Gasteiger charge is 2.12. The number of nitrogens with zero attached hydrogens (tertiary/aromatic N) is 3. The highest BCUT2D eigenvalue weighted by molar-refractivity contribution is 6.01. The van der Waals surface area contributed by atoms with Gasteiger partial charge in [0.2, 0.25) is 0 Å². The van der Waals surface area contributed by atoms with Crippen LogP contribution in [0.3, 0.4) is 0 Å². The van der Waals surface area contributed by atoms with Gasteiger partial charge in [0.05, 0.1) is 18.1 Å². The second-order valence-corrected chi connectivity index (χ2v) is 5.23. The molecule has 8 nitrogen and oxygen atoms in total. The van der Waals surface area contributed by atoms with Gasteiger partial charge in [-0.05, 0) is 23.8 Å². The number of amides is 1. The Morgan fingerprint density at radius 3 is 2.62 bits per heavy atom.